The number of anilines is 3. The van der Waals surface area contributed by atoms with Crippen LogP contribution in [0.15, 0.2) is 54.9 Å². The fourth-order valence-corrected chi connectivity index (χ4v) is 2.36. The molecule has 2 aromatic carbocycles. The summed E-state index contributed by atoms with van der Waals surface area (Å²) in [6.45, 7) is 0. The molecule has 1 heterocycles. The van der Waals surface area contributed by atoms with E-state index in [1.54, 1.807) is 18.2 Å². The second-order valence-corrected chi connectivity index (χ2v) is 5.39. The molecule has 7 nitrogen and oxygen atoms in total. The fraction of sp³-hybridized carbons (Fsp3) is 0.111. The number of aliphatic carboxylic acids is 1. The van der Waals surface area contributed by atoms with Crippen molar-refractivity contribution in [3.05, 3.63) is 54.9 Å². The average molecular weight is 336 g/mol. The van der Waals surface area contributed by atoms with Gasteiger partial charge in [-0.15, -0.1) is 0 Å². The van der Waals surface area contributed by atoms with Gasteiger partial charge in [0.05, 0.1) is 11.9 Å². The number of nitrogens with one attached hydrogen (secondary N) is 2. The summed E-state index contributed by atoms with van der Waals surface area (Å²) in [6.07, 6.45) is 1.22. The van der Waals surface area contributed by atoms with E-state index in [-0.39, 0.29) is 18.7 Å². The maximum atomic E-state index is 11.7. The van der Waals surface area contributed by atoms with E-state index in [0.29, 0.717) is 11.5 Å². The first-order valence-electron chi connectivity index (χ1n) is 7.70. The zero-order valence-corrected chi connectivity index (χ0v) is 13.3. The maximum absolute atomic E-state index is 11.7. The predicted molar refractivity (Wildman–Crippen MR) is 94.8 cm³/mol. The molecule has 0 atom stereocenters. The highest BCUT2D eigenvalue weighted by molar-refractivity contribution is 5.94. The van der Waals surface area contributed by atoms with Crippen LogP contribution in [-0.4, -0.2) is 27.0 Å². The van der Waals surface area contributed by atoms with Gasteiger partial charge in [0.2, 0.25) is 5.91 Å². The summed E-state index contributed by atoms with van der Waals surface area (Å²) >= 11 is 0. The number of hydrogen-bond acceptors (Lipinski definition) is 5. The molecule has 0 saturated carbocycles. The standard InChI is InChI=1S/C18H16N4O3/c23-16(8-9-17(24)25)21-12-4-3-5-13(10-12)22-18-14-6-1-2-7-15(14)19-11-20-18/h1-7,10-11H,8-9H2,(H,21,23)(H,24,25)(H,19,20,22). The Kier molecular flexibility index (Phi) is 4.84. The largest absolute Gasteiger partial charge is 0.481 e. The molecule has 3 aromatic rings. The summed E-state index contributed by atoms with van der Waals surface area (Å²) in [7, 11) is 0. The molecule has 3 N–H and O–H groups in total. The van der Waals surface area contributed by atoms with Gasteiger partial charge in [-0.25, -0.2) is 9.97 Å². The number of aromatic nitrogens is 2. The first kappa shape index (κ1) is 16.4. The highest BCUT2D eigenvalue weighted by Gasteiger charge is 2.07. The highest BCUT2D eigenvalue weighted by atomic mass is 16.4. The molecular weight excluding hydrogens is 320 g/mol. The smallest absolute Gasteiger partial charge is 0.303 e. The lowest BCUT2D eigenvalue weighted by Crippen LogP contribution is -2.13. The molecule has 126 valence electrons. The molecule has 0 spiro atoms. The Hall–Kier alpha value is -3.48. The summed E-state index contributed by atoms with van der Waals surface area (Å²) < 4.78 is 0. The van der Waals surface area contributed by atoms with Gasteiger partial charge in [0.15, 0.2) is 0 Å². The molecule has 0 bridgehead atoms. The second kappa shape index (κ2) is 7.39. The van der Waals surface area contributed by atoms with Crippen LogP contribution in [0.5, 0.6) is 0 Å². The number of nitrogens with zero attached hydrogens (tertiary/aromatic N) is 2. The van der Waals surface area contributed by atoms with Crippen molar-refractivity contribution in [2.45, 2.75) is 12.8 Å². The normalized spacial score (nSPS) is 10.4. The van der Waals surface area contributed by atoms with E-state index >= 15 is 0 Å². The number of para-hydroxylation sites is 1. The predicted octanol–water partition coefficient (Wildman–Crippen LogP) is 3.18. The van der Waals surface area contributed by atoms with E-state index in [2.05, 4.69) is 20.6 Å². The van der Waals surface area contributed by atoms with Crippen LogP contribution >= 0.6 is 0 Å². The number of hydrogen-bond donors (Lipinski definition) is 3. The molecule has 0 saturated heterocycles. The first-order valence-corrected chi connectivity index (χ1v) is 7.70. The first-order chi connectivity index (χ1) is 12.1. The zero-order chi connectivity index (χ0) is 17.6. The summed E-state index contributed by atoms with van der Waals surface area (Å²) in [5.41, 5.74) is 2.16. The summed E-state index contributed by atoms with van der Waals surface area (Å²) in [5.74, 6) is -0.673. The van der Waals surface area contributed by atoms with Gasteiger partial charge in [0, 0.05) is 23.2 Å². The van der Waals surface area contributed by atoms with Gasteiger partial charge in [-0.3, -0.25) is 9.59 Å². The van der Waals surface area contributed by atoms with Crippen molar-refractivity contribution in [3.63, 3.8) is 0 Å². The Balaban J connectivity index is 1.75. The van der Waals surface area contributed by atoms with Crippen molar-refractivity contribution in [3.8, 4) is 0 Å². The molecular formula is C18H16N4O3. The van der Waals surface area contributed by atoms with Crippen molar-refractivity contribution in [2.24, 2.45) is 0 Å². The minimum Gasteiger partial charge on any atom is -0.481 e. The van der Waals surface area contributed by atoms with Crippen molar-refractivity contribution in [1.29, 1.82) is 0 Å². The van der Waals surface area contributed by atoms with Crippen molar-refractivity contribution >= 4 is 40.0 Å². The molecule has 0 aliphatic heterocycles. The van der Waals surface area contributed by atoms with Crippen LogP contribution < -0.4 is 10.6 Å². The molecule has 0 unspecified atom stereocenters. The molecule has 0 fully saturated rings. The van der Waals surface area contributed by atoms with Crippen molar-refractivity contribution < 1.29 is 14.7 Å². The number of rotatable bonds is 6. The number of fused-ring (bicyclic) bond motifs is 1. The van der Waals surface area contributed by atoms with E-state index in [1.165, 1.54) is 6.33 Å². The number of amides is 1. The summed E-state index contributed by atoms with van der Waals surface area (Å²) in [6, 6.07) is 14.8. The molecule has 0 aliphatic rings. The van der Waals surface area contributed by atoms with E-state index in [9.17, 15) is 9.59 Å². The Morgan fingerprint density at radius 1 is 0.960 bits per heavy atom. The van der Waals surface area contributed by atoms with Crippen molar-refractivity contribution in [1.82, 2.24) is 9.97 Å². The van der Waals surface area contributed by atoms with Crippen molar-refractivity contribution in [2.75, 3.05) is 10.6 Å². The SMILES string of the molecule is O=C(O)CCC(=O)Nc1cccc(Nc2ncnc3ccccc23)c1. The number of carboxylic acid groups (broad SMARTS) is 1. The van der Waals surface area contributed by atoms with Crippen LogP contribution in [0.25, 0.3) is 10.9 Å². The van der Waals surface area contributed by atoms with Crippen LogP contribution in [0, 0.1) is 0 Å². The monoisotopic (exact) mass is 336 g/mol. The minimum atomic E-state index is -0.999. The van der Waals surface area contributed by atoms with Gasteiger partial charge >= 0.3 is 5.97 Å². The maximum Gasteiger partial charge on any atom is 0.303 e. The zero-order valence-electron chi connectivity index (χ0n) is 13.3. The Morgan fingerprint density at radius 3 is 2.60 bits per heavy atom. The molecule has 25 heavy (non-hydrogen) atoms. The summed E-state index contributed by atoms with van der Waals surface area (Å²) in [4.78, 5) is 30.8. The second-order valence-electron chi connectivity index (χ2n) is 5.39. The van der Waals surface area contributed by atoms with Gasteiger partial charge in [-0.05, 0) is 30.3 Å². The topological polar surface area (TPSA) is 104 Å². The molecule has 0 radical (unpaired) electrons. The third-order valence-corrected chi connectivity index (χ3v) is 3.52. The van der Waals surface area contributed by atoms with Gasteiger partial charge < -0.3 is 15.7 Å². The molecule has 1 amide bonds. The number of carbonyl (C=O) groups excluding carboxylic acids is 1. The number of carboxylic acids is 1. The lowest BCUT2D eigenvalue weighted by molar-refractivity contribution is -0.138. The van der Waals surface area contributed by atoms with E-state index in [4.69, 9.17) is 5.11 Å². The van der Waals surface area contributed by atoms with E-state index in [1.807, 2.05) is 30.3 Å². The Labute approximate surface area is 143 Å². The average Bonchev–Trinajstić information content (AvgIpc) is 2.61. The van der Waals surface area contributed by atoms with E-state index in [0.717, 1.165) is 16.6 Å². The lowest BCUT2D eigenvalue weighted by Gasteiger charge is -2.10. The van der Waals surface area contributed by atoms with Crippen LogP contribution in [0.1, 0.15) is 12.8 Å². The lowest BCUT2D eigenvalue weighted by atomic mass is 10.2. The van der Waals surface area contributed by atoms with Gasteiger partial charge in [-0.1, -0.05) is 18.2 Å². The van der Waals surface area contributed by atoms with E-state index < -0.39 is 5.97 Å². The number of carbonyl (C=O) groups is 2. The Morgan fingerprint density at radius 2 is 1.76 bits per heavy atom. The van der Waals surface area contributed by atoms with Gasteiger partial charge in [0.25, 0.3) is 0 Å². The quantitative estimate of drug-likeness (QED) is 0.638. The molecule has 7 heteroatoms. The van der Waals surface area contributed by atoms with Crippen LogP contribution in [0.4, 0.5) is 17.2 Å². The van der Waals surface area contributed by atoms with Gasteiger partial charge in [0.1, 0.15) is 12.1 Å². The Bertz CT molecular complexity index is 922. The van der Waals surface area contributed by atoms with Crippen LogP contribution in [-0.2, 0) is 9.59 Å². The third-order valence-electron chi connectivity index (χ3n) is 3.52. The van der Waals surface area contributed by atoms with Crippen LogP contribution in [0.2, 0.25) is 0 Å². The molecule has 1 aromatic heterocycles. The minimum absolute atomic E-state index is 0.0659. The summed E-state index contributed by atoms with van der Waals surface area (Å²) in [5, 5.41) is 15.4. The fourth-order valence-electron chi connectivity index (χ4n) is 2.36. The van der Waals surface area contributed by atoms with Crippen LogP contribution in [0.3, 0.4) is 0 Å². The molecule has 3 rings (SSSR count). The highest BCUT2D eigenvalue weighted by Crippen LogP contribution is 2.24. The van der Waals surface area contributed by atoms with Gasteiger partial charge in [-0.2, -0.15) is 0 Å². The number of benzene rings is 2. The third kappa shape index (κ3) is 4.29. The molecule has 0 aliphatic carbocycles.